The maximum Gasteiger partial charge on any atom is 0.338 e. The molecule has 8 rings (SSSR count). The molecule has 2 heterocycles. The quantitative estimate of drug-likeness (QED) is 0.233. The van der Waals surface area contributed by atoms with E-state index in [2.05, 4.69) is 55.4 Å². The number of fused-ring (bicyclic) bond motifs is 6. The van der Waals surface area contributed by atoms with Crippen LogP contribution in [0.5, 0.6) is 0 Å². The average Bonchev–Trinajstić information content (AvgIpc) is 3.92. The zero-order valence-electron chi connectivity index (χ0n) is 31.3. The van der Waals surface area contributed by atoms with Gasteiger partial charge in [-0.1, -0.05) is 85.9 Å². The topological polar surface area (TPSA) is 71.6 Å². The second-order valence-corrected chi connectivity index (χ2v) is 19.8. The molecule has 266 valence electrons. The van der Waals surface area contributed by atoms with Gasteiger partial charge in [-0.15, -0.1) is 0 Å². The number of ether oxygens (including phenoxy) is 3. The minimum atomic E-state index is -1.22. The number of benzene rings is 1. The second kappa shape index (κ2) is 10.8. The van der Waals surface area contributed by atoms with Crippen molar-refractivity contribution < 1.29 is 24.1 Å². The van der Waals surface area contributed by atoms with Gasteiger partial charge in [-0.3, -0.25) is 0 Å². The van der Waals surface area contributed by atoms with Crippen LogP contribution in [-0.2, 0) is 14.2 Å². The Labute approximate surface area is 290 Å². The molecule has 0 radical (unpaired) electrons. The van der Waals surface area contributed by atoms with Crippen LogP contribution in [0.1, 0.15) is 143 Å². The van der Waals surface area contributed by atoms with Crippen molar-refractivity contribution in [3.63, 3.8) is 0 Å². The minimum absolute atomic E-state index is 0.0636. The van der Waals surface area contributed by atoms with Crippen LogP contribution in [0.2, 0.25) is 0 Å². The van der Waals surface area contributed by atoms with E-state index in [0.29, 0.717) is 35.8 Å². The smallest absolute Gasteiger partial charge is 0.338 e. The third-order valence-electron chi connectivity index (χ3n) is 17.1. The maximum atomic E-state index is 14.0. The van der Waals surface area contributed by atoms with E-state index in [4.69, 9.17) is 14.2 Å². The van der Waals surface area contributed by atoms with Crippen molar-refractivity contribution in [3.05, 3.63) is 35.9 Å². The number of rotatable bonds is 7. The normalized spacial score (nSPS) is 50.3. The van der Waals surface area contributed by atoms with Crippen molar-refractivity contribution in [1.29, 1.82) is 0 Å². The number of aliphatic hydroxyl groups is 1. The molecular formula is C43H64O5. The predicted molar refractivity (Wildman–Crippen MR) is 188 cm³/mol. The molecule has 48 heavy (non-hydrogen) atoms. The summed E-state index contributed by atoms with van der Waals surface area (Å²) in [7, 11) is 0. The van der Waals surface area contributed by atoms with Gasteiger partial charge in [0.05, 0.1) is 17.8 Å². The second-order valence-electron chi connectivity index (χ2n) is 19.8. The SMILES string of the molecule is CC(C)CCC[C@@H](C)[C@H]1CC[C@H]2[C@@H]3CC[C@H]4[C@H](OC(=O)c5ccccc5)[C@]5(O)CC[C@@]6(C)O[C@]6(C5(C)C)[C@]5(CO5)C[C@]4(C)[C@H]3CC[C@]12C. The van der Waals surface area contributed by atoms with Gasteiger partial charge in [-0.05, 0) is 123 Å². The summed E-state index contributed by atoms with van der Waals surface area (Å²) in [5, 5.41) is 13.3. The van der Waals surface area contributed by atoms with Crippen LogP contribution in [-0.4, -0.2) is 46.2 Å². The van der Waals surface area contributed by atoms with Crippen LogP contribution in [0.3, 0.4) is 0 Å². The molecule has 2 saturated heterocycles. The van der Waals surface area contributed by atoms with Crippen molar-refractivity contribution in [2.45, 2.75) is 161 Å². The summed E-state index contributed by atoms with van der Waals surface area (Å²) in [6, 6.07) is 9.42. The lowest BCUT2D eigenvalue weighted by Crippen LogP contribution is -2.74. The first-order chi connectivity index (χ1) is 22.6. The van der Waals surface area contributed by atoms with Crippen LogP contribution in [0, 0.1) is 57.7 Å². The molecule has 5 heteroatoms. The highest BCUT2D eigenvalue weighted by atomic mass is 16.7. The molecule has 0 amide bonds. The highest BCUT2D eigenvalue weighted by molar-refractivity contribution is 5.89. The molecule has 7 aliphatic rings. The fourth-order valence-electron chi connectivity index (χ4n) is 14.7. The lowest BCUT2D eigenvalue weighted by atomic mass is 9.39. The number of carbonyl (C=O) groups is 1. The van der Waals surface area contributed by atoms with Crippen LogP contribution in [0.4, 0.5) is 0 Å². The molecule has 1 aromatic rings. The Morgan fingerprint density at radius 1 is 0.875 bits per heavy atom. The van der Waals surface area contributed by atoms with E-state index >= 15 is 0 Å². The Balaban J connectivity index is 1.16. The Morgan fingerprint density at radius 3 is 2.25 bits per heavy atom. The lowest BCUT2D eigenvalue weighted by Gasteiger charge is -2.66. The van der Waals surface area contributed by atoms with Gasteiger partial charge >= 0.3 is 5.97 Å². The Kier molecular flexibility index (Phi) is 7.58. The summed E-state index contributed by atoms with van der Waals surface area (Å²) >= 11 is 0. The van der Waals surface area contributed by atoms with Gasteiger partial charge in [-0.2, -0.15) is 0 Å². The van der Waals surface area contributed by atoms with Crippen LogP contribution >= 0.6 is 0 Å². The Morgan fingerprint density at radius 2 is 1.56 bits per heavy atom. The first-order valence-corrected chi connectivity index (χ1v) is 19.9. The summed E-state index contributed by atoms with van der Waals surface area (Å²) in [5.41, 5.74) is -2.37. The Hall–Kier alpha value is -1.43. The molecule has 0 unspecified atom stereocenters. The van der Waals surface area contributed by atoms with E-state index in [1.807, 2.05) is 30.3 Å². The van der Waals surface area contributed by atoms with Crippen LogP contribution in [0.25, 0.3) is 0 Å². The van der Waals surface area contributed by atoms with Crippen molar-refractivity contribution >= 4 is 5.97 Å². The fraction of sp³-hybridized carbons (Fsp3) is 0.837. The number of esters is 1. The summed E-state index contributed by atoms with van der Waals surface area (Å²) in [4.78, 5) is 14.0. The first-order valence-electron chi connectivity index (χ1n) is 19.9. The third-order valence-corrected chi connectivity index (χ3v) is 17.1. The van der Waals surface area contributed by atoms with Crippen molar-refractivity contribution in [1.82, 2.24) is 0 Å². The van der Waals surface area contributed by atoms with Gasteiger partial charge in [-0.25, -0.2) is 4.79 Å². The molecule has 2 aliphatic heterocycles. The third kappa shape index (κ3) is 4.28. The maximum absolute atomic E-state index is 14.0. The molecule has 0 aromatic heterocycles. The van der Waals surface area contributed by atoms with Gasteiger partial charge in [0, 0.05) is 11.3 Å². The van der Waals surface area contributed by atoms with E-state index in [1.165, 1.54) is 51.4 Å². The molecule has 2 bridgehead atoms. The van der Waals surface area contributed by atoms with Crippen molar-refractivity contribution in [2.75, 3.05) is 6.61 Å². The number of epoxide rings is 2. The van der Waals surface area contributed by atoms with E-state index in [9.17, 15) is 9.90 Å². The standard InChI is InChI=1S/C43H64O5/c1-27(2)13-12-14-28(3)31-19-20-32-30-17-18-34-35(47-36(44)29-15-10-9-11-16-29)42(45)24-23-40(8)43(48-40,37(42,4)5)41(26-46-41)25-39(34,7)33(30)21-22-38(31,32)6/h9-11,15-16,27-28,30-35,45H,12-14,17-26H2,1-8H3/t28-,30+,31-,32+,33+,34+,35+,38-,39-,40-,41-,42-,43+/m1/s1. The lowest BCUT2D eigenvalue weighted by molar-refractivity contribution is -0.254. The molecule has 5 saturated carbocycles. The van der Waals surface area contributed by atoms with E-state index in [-0.39, 0.29) is 22.9 Å². The highest BCUT2D eigenvalue weighted by Gasteiger charge is 2.92. The number of carbonyl (C=O) groups excluding carboxylic acids is 1. The molecule has 2 spiro atoms. The predicted octanol–water partition coefficient (Wildman–Crippen LogP) is 9.40. The number of hydrogen-bond acceptors (Lipinski definition) is 5. The minimum Gasteiger partial charge on any atom is -0.455 e. The van der Waals surface area contributed by atoms with Crippen molar-refractivity contribution in [2.24, 2.45) is 57.7 Å². The molecule has 7 fully saturated rings. The molecule has 13 atom stereocenters. The summed E-state index contributed by atoms with van der Waals surface area (Å²) < 4.78 is 20.4. The molecule has 5 nitrogen and oxygen atoms in total. The molecule has 5 aliphatic carbocycles. The summed E-state index contributed by atoms with van der Waals surface area (Å²) in [5.74, 6) is 4.08. The monoisotopic (exact) mass is 660 g/mol. The summed E-state index contributed by atoms with van der Waals surface area (Å²) in [6.45, 7) is 19.8. The zero-order chi connectivity index (χ0) is 34.1. The van der Waals surface area contributed by atoms with Gasteiger partial charge in [0.15, 0.2) is 0 Å². The van der Waals surface area contributed by atoms with E-state index in [0.717, 1.165) is 42.9 Å². The fourth-order valence-corrected chi connectivity index (χ4v) is 14.7. The van der Waals surface area contributed by atoms with E-state index < -0.39 is 28.3 Å². The van der Waals surface area contributed by atoms with Crippen LogP contribution < -0.4 is 0 Å². The average molecular weight is 661 g/mol. The summed E-state index contributed by atoms with van der Waals surface area (Å²) in [6.07, 6.45) is 13.1. The highest BCUT2D eigenvalue weighted by Crippen LogP contribution is 2.80. The molecular weight excluding hydrogens is 596 g/mol. The van der Waals surface area contributed by atoms with E-state index in [1.54, 1.807) is 0 Å². The van der Waals surface area contributed by atoms with Gasteiger partial charge in [0.2, 0.25) is 0 Å². The zero-order valence-corrected chi connectivity index (χ0v) is 31.3. The number of hydrogen-bond donors (Lipinski definition) is 1. The molecule has 1 N–H and O–H groups in total. The Bertz CT molecular complexity index is 1420. The van der Waals surface area contributed by atoms with Crippen LogP contribution in [0.15, 0.2) is 30.3 Å². The van der Waals surface area contributed by atoms with Gasteiger partial charge in [0.1, 0.15) is 22.9 Å². The van der Waals surface area contributed by atoms with Crippen molar-refractivity contribution in [3.8, 4) is 0 Å². The largest absolute Gasteiger partial charge is 0.455 e. The molecule has 1 aromatic carbocycles. The van der Waals surface area contributed by atoms with Gasteiger partial charge < -0.3 is 19.3 Å². The first kappa shape index (κ1) is 33.7. The van der Waals surface area contributed by atoms with Gasteiger partial charge in [0.25, 0.3) is 0 Å².